The molecule has 0 aliphatic carbocycles. The average Bonchev–Trinajstić information content (AvgIpc) is 2.66. The largest absolute Gasteiger partial charge is 0.356 e. The van der Waals surface area contributed by atoms with Gasteiger partial charge in [0.05, 0.1) is 0 Å². The van der Waals surface area contributed by atoms with Crippen LogP contribution in [0.3, 0.4) is 0 Å². The molecule has 74 valence electrons. The zero-order chi connectivity index (χ0) is 11.8. The standard InChI is InChI=1S/C10H11FN2O/c11-9-2-1-7(6-13-9)5-8-3-4-12-10(8)14/h1-2,6,8H,3-5H2,(H,12,14)/i5D2. The third kappa shape index (κ3) is 1.89. The van der Waals surface area contributed by atoms with Crippen LogP contribution >= 0.6 is 0 Å². The zero-order valence-electron chi connectivity index (χ0n) is 9.46. The van der Waals surface area contributed by atoms with E-state index >= 15 is 0 Å². The van der Waals surface area contributed by atoms with Crippen molar-refractivity contribution in [1.29, 1.82) is 0 Å². The molecule has 1 amide bonds. The lowest BCUT2D eigenvalue weighted by Gasteiger charge is -2.05. The molecule has 1 aromatic rings. The highest BCUT2D eigenvalue weighted by molar-refractivity contribution is 5.80. The number of nitrogens with zero attached hydrogens (tertiary/aromatic N) is 1. The summed E-state index contributed by atoms with van der Waals surface area (Å²) in [5, 5.41) is 2.58. The Bertz CT molecular complexity index is 408. The molecule has 3 nitrogen and oxygen atoms in total. The number of pyridine rings is 1. The van der Waals surface area contributed by atoms with Crippen LogP contribution in [0.4, 0.5) is 4.39 Å². The maximum absolute atomic E-state index is 12.6. The van der Waals surface area contributed by atoms with E-state index in [2.05, 4.69) is 10.3 Å². The van der Waals surface area contributed by atoms with Crippen LogP contribution in [0, 0.1) is 11.9 Å². The first-order valence-corrected chi connectivity index (χ1v) is 4.41. The van der Waals surface area contributed by atoms with Crippen molar-refractivity contribution in [3.63, 3.8) is 0 Å². The molecule has 14 heavy (non-hydrogen) atoms. The van der Waals surface area contributed by atoms with Gasteiger partial charge in [-0.15, -0.1) is 0 Å². The van der Waals surface area contributed by atoms with Gasteiger partial charge in [0, 0.05) is 21.4 Å². The van der Waals surface area contributed by atoms with Crippen LogP contribution in [0.1, 0.15) is 14.7 Å². The Morgan fingerprint density at radius 2 is 2.57 bits per heavy atom. The SMILES string of the molecule is [2H]C([2H])(c1ccc(F)nc1)C1CCNC1=O. The molecule has 1 unspecified atom stereocenters. The molecule has 1 saturated heterocycles. The van der Waals surface area contributed by atoms with E-state index in [1.807, 2.05) is 0 Å². The molecular formula is C10H11FN2O. The molecule has 0 spiro atoms. The summed E-state index contributed by atoms with van der Waals surface area (Å²) in [7, 11) is 0. The molecule has 0 saturated carbocycles. The van der Waals surface area contributed by atoms with Gasteiger partial charge in [0.1, 0.15) is 0 Å². The van der Waals surface area contributed by atoms with Crippen LogP contribution in [0.5, 0.6) is 0 Å². The van der Waals surface area contributed by atoms with E-state index in [9.17, 15) is 9.18 Å². The average molecular weight is 196 g/mol. The molecule has 4 heteroatoms. The van der Waals surface area contributed by atoms with Crippen molar-refractivity contribution in [3.05, 3.63) is 29.8 Å². The number of nitrogens with one attached hydrogen (secondary N) is 1. The van der Waals surface area contributed by atoms with Crippen molar-refractivity contribution < 1.29 is 11.9 Å². The number of rotatable bonds is 2. The van der Waals surface area contributed by atoms with E-state index < -0.39 is 18.2 Å². The third-order valence-corrected chi connectivity index (χ3v) is 2.12. The van der Waals surface area contributed by atoms with E-state index in [0.717, 1.165) is 12.3 Å². The monoisotopic (exact) mass is 196 g/mol. The highest BCUT2D eigenvalue weighted by atomic mass is 19.1. The number of carbonyl (C=O) groups excluding carboxylic acids is 1. The Kier molecular flexibility index (Phi) is 1.85. The Labute approximate surface area is 84.2 Å². The number of hydrogen-bond donors (Lipinski definition) is 1. The lowest BCUT2D eigenvalue weighted by Crippen LogP contribution is -2.20. The summed E-state index contributed by atoms with van der Waals surface area (Å²) >= 11 is 0. The Morgan fingerprint density at radius 1 is 1.71 bits per heavy atom. The summed E-state index contributed by atoms with van der Waals surface area (Å²) < 4.78 is 28.4. The minimum atomic E-state index is -1.80. The highest BCUT2D eigenvalue weighted by Gasteiger charge is 2.23. The van der Waals surface area contributed by atoms with Gasteiger partial charge in [0.25, 0.3) is 0 Å². The first-order valence-electron chi connectivity index (χ1n) is 5.41. The van der Waals surface area contributed by atoms with Crippen molar-refractivity contribution in [2.45, 2.75) is 12.8 Å². The summed E-state index contributed by atoms with van der Waals surface area (Å²) in [5.74, 6) is -1.68. The zero-order valence-corrected chi connectivity index (χ0v) is 7.46. The van der Waals surface area contributed by atoms with Gasteiger partial charge in [-0.2, -0.15) is 4.39 Å². The molecule has 1 aliphatic rings. The Morgan fingerprint density at radius 3 is 3.14 bits per heavy atom. The van der Waals surface area contributed by atoms with Crippen molar-refractivity contribution in [2.24, 2.45) is 5.92 Å². The van der Waals surface area contributed by atoms with Gasteiger partial charge >= 0.3 is 0 Å². The lowest BCUT2D eigenvalue weighted by molar-refractivity contribution is -0.122. The summed E-state index contributed by atoms with van der Waals surface area (Å²) in [6.45, 7) is 0.484. The van der Waals surface area contributed by atoms with Gasteiger partial charge in [0.15, 0.2) is 0 Å². The minimum Gasteiger partial charge on any atom is -0.356 e. The second kappa shape index (κ2) is 3.74. The quantitative estimate of drug-likeness (QED) is 0.714. The minimum absolute atomic E-state index is 0.232. The summed E-state index contributed by atoms with van der Waals surface area (Å²) in [4.78, 5) is 14.8. The molecular weight excluding hydrogens is 183 g/mol. The summed E-state index contributed by atoms with van der Waals surface area (Å²) in [5.41, 5.74) is 0.232. The number of halogens is 1. The predicted molar refractivity (Wildman–Crippen MR) is 49.0 cm³/mol. The molecule has 0 radical (unpaired) electrons. The maximum Gasteiger partial charge on any atom is 0.223 e. The van der Waals surface area contributed by atoms with Crippen LogP contribution in [-0.4, -0.2) is 17.4 Å². The van der Waals surface area contributed by atoms with Crippen LogP contribution in [-0.2, 0) is 11.2 Å². The fourth-order valence-corrected chi connectivity index (χ4v) is 1.39. The molecule has 1 N–H and O–H groups in total. The van der Waals surface area contributed by atoms with E-state index in [-0.39, 0.29) is 11.5 Å². The van der Waals surface area contributed by atoms with Crippen molar-refractivity contribution >= 4 is 5.91 Å². The number of amides is 1. The van der Waals surface area contributed by atoms with Gasteiger partial charge in [-0.1, -0.05) is 6.07 Å². The predicted octanol–water partition coefficient (Wildman–Crippen LogP) is 0.899. The lowest BCUT2D eigenvalue weighted by atomic mass is 9.99. The van der Waals surface area contributed by atoms with Crippen molar-refractivity contribution in [3.8, 4) is 0 Å². The Hall–Kier alpha value is -1.45. The van der Waals surface area contributed by atoms with Crippen LogP contribution in [0.2, 0.25) is 0 Å². The van der Waals surface area contributed by atoms with Gasteiger partial charge in [0.2, 0.25) is 11.9 Å². The van der Waals surface area contributed by atoms with E-state index in [1.165, 1.54) is 6.07 Å². The number of aromatic nitrogens is 1. The highest BCUT2D eigenvalue weighted by Crippen LogP contribution is 2.15. The summed E-state index contributed by atoms with van der Waals surface area (Å²) in [6, 6.07) is 2.42. The molecule has 2 rings (SSSR count). The molecule has 1 aromatic heterocycles. The molecule has 1 aliphatic heterocycles. The topological polar surface area (TPSA) is 42.0 Å². The van der Waals surface area contributed by atoms with Crippen molar-refractivity contribution in [1.82, 2.24) is 10.3 Å². The fraction of sp³-hybridized carbons (Fsp3) is 0.400. The molecule has 1 atom stereocenters. The van der Waals surface area contributed by atoms with E-state index in [4.69, 9.17) is 2.74 Å². The first-order chi connectivity index (χ1) is 7.51. The number of carbonyl (C=O) groups is 1. The van der Waals surface area contributed by atoms with Gasteiger partial charge < -0.3 is 5.32 Å². The number of hydrogen-bond acceptors (Lipinski definition) is 2. The second-order valence-corrected chi connectivity index (χ2v) is 3.15. The van der Waals surface area contributed by atoms with Crippen LogP contribution in [0.25, 0.3) is 0 Å². The van der Waals surface area contributed by atoms with Gasteiger partial charge in [-0.3, -0.25) is 4.79 Å². The van der Waals surface area contributed by atoms with Gasteiger partial charge in [-0.25, -0.2) is 4.98 Å². The van der Waals surface area contributed by atoms with Crippen LogP contribution < -0.4 is 5.32 Å². The molecule has 1 fully saturated rings. The molecule has 0 bridgehead atoms. The van der Waals surface area contributed by atoms with E-state index in [0.29, 0.717) is 13.0 Å². The van der Waals surface area contributed by atoms with Crippen LogP contribution in [0.15, 0.2) is 18.3 Å². The molecule has 2 heterocycles. The Balaban J connectivity index is 2.30. The normalized spacial score (nSPS) is 24.1. The molecule has 0 aromatic carbocycles. The first kappa shape index (κ1) is 6.92. The fourth-order valence-electron chi connectivity index (χ4n) is 1.39. The van der Waals surface area contributed by atoms with Crippen molar-refractivity contribution in [2.75, 3.05) is 6.54 Å². The second-order valence-electron chi connectivity index (χ2n) is 3.15. The summed E-state index contributed by atoms with van der Waals surface area (Å²) in [6.07, 6.45) is -0.217. The van der Waals surface area contributed by atoms with Gasteiger partial charge in [-0.05, 0) is 24.4 Å². The third-order valence-electron chi connectivity index (χ3n) is 2.12. The van der Waals surface area contributed by atoms with E-state index in [1.54, 1.807) is 0 Å². The maximum atomic E-state index is 12.6. The smallest absolute Gasteiger partial charge is 0.223 e.